The van der Waals surface area contributed by atoms with Crippen LogP contribution in [0.2, 0.25) is 0 Å². The first-order valence-corrected chi connectivity index (χ1v) is 5.02. The number of nitrogens with one attached hydrogen (secondary N) is 1. The molecule has 2 rings (SSSR count). The third kappa shape index (κ3) is 2.12. The van der Waals surface area contributed by atoms with Crippen molar-refractivity contribution in [3.05, 3.63) is 0 Å². The summed E-state index contributed by atoms with van der Waals surface area (Å²) in [6.45, 7) is 3.54. The van der Waals surface area contributed by atoms with Crippen molar-refractivity contribution < 1.29 is 9.53 Å². The molecule has 4 heteroatoms. The van der Waals surface area contributed by atoms with Gasteiger partial charge in [0.05, 0.1) is 0 Å². The van der Waals surface area contributed by atoms with E-state index in [1.54, 1.807) is 4.90 Å². The summed E-state index contributed by atoms with van der Waals surface area (Å²) < 4.78 is 5.32. The van der Waals surface area contributed by atoms with Gasteiger partial charge in [-0.1, -0.05) is 0 Å². The van der Waals surface area contributed by atoms with Crippen molar-refractivity contribution in [2.75, 3.05) is 26.2 Å². The van der Waals surface area contributed by atoms with Crippen LogP contribution in [0.3, 0.4) is 0 Å². The highest BCUT2D eigenvalue weighted by molar-refractivity contribution is 5.68. The summed E-state index contributed by atoms with van der Waals surface area (Å²) in [5.41, 5.74) is 0. The van der Waals surface area contributed by atoms with E-state index in [0.717, 1.165) is 45.4 Å². The Kier molecular flexibility index (Phi) is 2.68. The molecule has 4 nitrogen and oxygen atoms in total. The molecule has 2 heterocycles. The Balaban J connectivity index is 1.76. The summed E-state index contributed by atoms with van der Waals surface area (Å²) in [5, 5.41) is 3.17. The first kappa shape index (κ1) is 8.81. The van der Waals surface area contributed by atoms with Crippen molar-refractivity contribution in [1.29, 1.82) is 0 Å². The maximum atomic E-state index is 11.5. The Morgan fingerprint density at radius 1 is 1.38 bits per heavy atom. The molecule has 0 saturated carbocycles. The van der Waals surface area contributed by atoms with Crippen LogP contribution in [0, 0.1) is 0 Å². The smallest absolute Gasteiger partial charge is 0.410 e. The van der Waals surface area contributed by atoms with Crippen molar-refractivity contribution in [1.82, 2.24) is 10.2 Å². The zero-order chi connectivity index (χ0) is 9.10. The molecule has 2 aliphatic rings. The zero-order valence-corrected chi connectivity index (χ0v) is 7.79. The van der Waals surface area contributed by atoms with Crippen molar-refractivity contribution in [2.24, 2.45) is 0 Å². The van der Waals surface area contributed by atoms with Crippen molar-refractivity contribution in [3.8, 4) is 0 Å². The van der Waals surface area contributed by atoms with Crippen molar-refractivity contribution in [3.63, 3.8) is 0 Å². The molecule has 0 aromatic carbocycles. The van der Waals surface area contributed by atoms with Gasteiger partial charge in [0.1, 0.15) is 6.10 Å². The highest BCUT2D eigenvalue weighted by Gasteiger charge is 2.24. The highest BCUT2D eigenvalue weighted by atomic mass is 16.6. The molecule has 2 saturated heterocycles. The number of carbonyl (C=O) groups excluding carboxylic acids is 1. The summed E-state index contributed by atoms with van der Waals surface area (Å²) in [7, 11) is 0. The lowest BCUT2D eigenvalue weighted by Crippen LogP contribution is -2.32. The van der Waals surface area contributed by atoms with Crippen LogP contribution in [0.4, 0.5) is 4.79 Å². The SMILES string of the molecule is O=C(O[C@H]1CCNC1)N1CCCC1. The Morgan fingerprint density at radius 3 is 2.77 bits per heavy atom. The lowest BCUT2D eigenvalue weighted by molar-refractivity contribution is 0.0768. The average Bonchev–Trinajstić information content (AvgIpc) is 2.74. The normalized spacial score (nSPS) is 28.0. The Bertz CT molecular complexity index is 184. The quantitative estimate of drug-likeness (QED) is 0.648. The molecule has 2 fully saturated rings. The molecular weight excluding hydrogens is 168 g/mol. The number of amides is 1. The summed E-state index contributed by atoms with van der Waals surface area (Å²) in [5.74, 6) is 0. The average molecular weight is 184 g/mol. The molecule has 0 aromatic rings. The van der Waals surface area contributed by atoms with E-state index >= 15 is 0 Å². The summed E-state index contributed by atoms with van der Waals surface area (Å²) in [4.78, 5) is 13.3. The molecule has 13 heavy (non-hydrogen) atoms. The van der Waals surface area contributed by atoms with Crippen molar-refractivity contribution >= 4 is 6.09 Å². The maximum absolute atomic E-state index is 11.5. The number of rotatable bonds is 1. The van der Waals surface area contributed by atoms with Crippen LogP contribution in [0.5, 0.6) is 0 Å². The van der Waals surface area contributed by atoms with Crippen LogP contribution >= 0.6 is 0 Å². The molecule has 0 aliphatic carbocycles. The molecule has 74 valence electrons. The minimum absolute atomic E-state index is 0.105. The minimum Gasteiger partial charge on any atom is -0.445 e. The number of carbonyl (C=O) groups is 1. The van der Waals surface area contributed by atoms with E-state index in [9.17, 15) is 4.79 Å². The maximum Gasteiger partial charge on any atom is 0.410 e. The number of likely N-dealkylation sites (tertiary alicyclic amines) is 1. The topological polar surface area (TPSA) is 41.6 Å². The van der Waals surface area contributed by atoms with Gasteiger partial charge in [-0.2, -0.15) is 0 Å². The van der Waals surface area contributed by atoms with Crippen LogP contribution < -0.4 is 5.32 Å². The fourth-order valence-corrected chi connectivity index (χ4v) is 1.85. The Morgan fingerprint density at radius 2 is 2.15 bits per heavy atom. The van der Waals surface area contributed by atoms with E-state index in [4.69, 9.17) is 4.74 Å². The van der Waals surface area contributed by atoms with E-state index in [-0.39, 0.29) is 12.2 Å². The highest BCUT2D eigenvalue weighted by Crippen LogP contribution is 2.11. The zero-order valence-electron chi connectivity index (χ0n) is 7.79. The number of hydrogen-bond donors (Lipinski definition) is 1. The minimum atomic E-state index is -0.119. The number of hydrogen-bond acceptors (Lipinski definition) is 3. The van der Waals surface area contributed by atoms with E-state index < -0.39 is 0 Å². The van der Waals surface area contributed by atoms with Gasteiger partial charge in [0, 0.05) is 19.6 Å². The van der Waals surface area contributed by atoms with Gasteiger partial charge >= 0.3 is 6.09 Å². The standard InChI is InChI=1S/C9H16N2O2/c12-9(11-5-1-2-6-11)13-8-3-4-10-7-8/h8,10H,1-7H2/t8-/m0/s1. The van der Waals surface area contributed by atoms with Crippen LogP contribution in [0.1, 0.15) is 19.3 Å². The van der Waals surface area contributed by atoms with Crippen LogP contribution in [0.25, 0.3) is 0 Å². The summed E-state index contributed by atoms with van der Waals surface area (Å²) >= 11 is 0. The second-order valence-electron chi connectivity index (χ2n) is 3.69. The van der Waals surface area contributed by atoms with Gasteiger partial charge < -0.3 is 15.0 Å². The molecular formula is C9H16N2O2. The van der Waals surface area contributed by atoms with Crippen molar-refractivity contribution in [2.45, 2.75) is 25.4 Å². The fraction of sp³-hybridized carbons (Fsp3) is 0.889. The van der Waals surface area contributed by atoms with E-state index in [1.165, 1.54) is 0 Å². The van der Waals surface area contributed by atoms with Gasteiger partial charge in [-0.15, -0.1) is 0 Å². The third-order valence-electron chi connectivity index (χ3n) is 2.65. The number of nitrogens with zero attached hydrogens (tertiary/aromatic N) is 1. The third-order valence-corrected chi connectivity index (χ3v) is 2.65. The molecule has 1 amide bonds. The molecule has 0 aromatic heterocycles. The molecule has 1 N–H and O–H groups in total. The Hall–Kier alpha value is -0.770. The van der Waals surface area contributed by atoms with Crippen LogP contribution in [0.15, 0.2) is 0 Å². The predicted molar refractivity (Wildman–Crippen MR) is 48.6 cm³/mol. The second kappa shape index (κ2) is 3.96. The lowest BCUT2D eigenvalue weighted by Gasteiger charge is -2.18. The molecule has 0 radical (unpaired) electrons. The number of ether oxygens (including phenoxy) is 1. The monoisotopic (exact) mass is 184 g/mol. The van der Waals surface area contributed by atoms with E-state index in [1.807, 2.05) is 0 Å². The van der Waals surface area contributed by atoms with Gasteiger partial charge in [-0.05, 0) is 25.8 Å². The van der Waals surface area contributed by atoms with Gasteiger partial charge in [0.25, 0.3) is 0 Å². The summed E-state index contributed by atoms with van der Waals surface area (Å²) in [6, 6.07) is 0. The van der Waals surface area contributed by atoms with Crippen LogP contribution in [-0.2, 0) is 4.74 Å². The van der Waals surface area contributed by atoms with E-state index in [2.05, 4.69) is 5.32 Å². The molecule has 0 unspecified atom stereocenters. The van der Waals surface area contributed by atoms with Gasteiger partial charge in [-0.25, -0.2) is 4.79 Å². The summed E-state index contributed by atoms with van der Waals surface area (Å²) in [6.07, 6.45) is 3.19. The van der Waals surface area contributed by atoms with Gasteiger partial charge in [0.15, 0.2) is 0 Å². The lowest BCUT2D eigenvalue weighted by atomic mass is 10.3. The fourth-order valence-electron chi connectivity index (χ4n) is 1.85. The van der Waals surface area contributed by atoms with Crippen LogP contribution in [-0.4, -0.2) is 43.3 Å². The molecule has 2 aliphatic heterocycles. The predicted octanol–water partition coefficient (Wildman–Crippen LogP) is 0.581. The van der Waals surface area contributed by atoms with E-state index in [0.29, 0.717) is 0 Å². The molecule has 0 spiro atoms. The Labute approximate surface area is 78.2 Å². The molecule has 0 bridgehead atoms. The second-order valence-corrected chi connectivity index (χ2v) is 3.69. The molecule has 1 atom stereocenters. The van der Waals surface area contributed by atoms with Gasteiger partial charge in [-0.3, -0.25) is 0 Å². The first-order chi connectivity index (χ1) is 6.36. The first-order valence-electron chi connectivity index (χ1n) is 5.02. The largest absolute Gasteiger partial charge is 0.445 e. The van der Waals surface area contributed by atoms with Gasteiger partial charge in [0.2, 0.25) is 0 Å².